The van der Waals surface area contributed by atoms with Gasteiger partial charge >= 0.3 is 7.12 Å². The molecule has 0 N–H and O–H groups in total. The van der Waals surface area contributed by atoms with Crippen LogP contribution in [-0.2, 0) is 20.5 Å². The lowest BCUT2D eigenvalue weighted by molar-refractivity contribution is -0.107. The molecule has 11 rings (SSSR count). The third kappa shape index (κ3) is 5.28. The zero-order valence-electron chi connectivity index (χ0n) is 33.7. The molecule has 4 bridgehead atoms. The first kappa shape index (κ1) is 36.3. The highest BCUT2D eigenvalue weighted by Gasteiger charge is 2.66. The van der Waals surface area contributed by atoms with Crippen LogP contribution in [0.3, 0.4) is 0 Å². The van der Waals surface area contributed by atoms with Crippen LogP contribution in [0.2, 0.25) is 18.0 Å². The zero-order chi connectivity index (χ0) is 37.5. The maximum Gasteiger partial charge on any atom is 0.490 e. The summed E-state index contributed by atoms with van der Waals surface area (Å²) in [5.74, 6) is 6.57. The van der Waals surface area contributed by atoms with E-state index in [4.69, 9.17) is 9.31 Å². The maximum absolute atomic E-state index is 7.69. The summed E-state index contributed by atoms with van der Waals surface area (Å²) in [5, 5.41) is 0. The van der Waals surface area contributed by atoms with Crippen LogP contribution < -0.4 is 0 Å². The average molecular weight is 715 g/mol. The van der Waals surface area contributed by atoms with Gasteiger partial charge in [-0.05, 0) is 93.8 Å². The monoisotopic (exact) mass is 714 g/mol. The molecule has 7 fully saturated rings. The molecule has 0 amide bonds. The van der Waals surface area contributed by atoms with E-state index in [2.05, 4.69) is 176 Å². The number of benzene rings is 4. The lowest BCUT2D eigenvalue weighted by Gasteiger charge is -2.66. The second-order valence-corrected chi connectivity index (χ2v) is 19.5. The first-order valence-electron chi connectivity index (χ1n) is 21.2. The summed E-state index contributed by atoms with van der Waals surface area (Å²) >= 11 is 0. The van der Waals surface area contributed by atoms with Gasteiger partial charge in [0.25, 0.3) is 0 Å². The minimum absolute atomic E-state index is 0.497. The third-order valence-corrected chi connectivity index (χ3v) is 16.8. The van der Waals surface area contributed by atoms with Crippen molar-refractivity contribution in [2.45, 2.75) is 103 Å². The summed E-state index contributed by atoms with van der Waals surface area (Å²) in [6, 6.07) is 43.3. The Morgan fingerprint density at radius 3 is 1.20 bits per heavy atom. The van der Waals surface area contributed by atoms with Gasteiger partial charge in [0.05, 0.1) is 0 Å². The zero-order valence-corrected chi connectivity index (χ0v) is 33.7. The van der Waals surface area contributed by atoms with E-state index in [0.717, 1.165) is 75.7 Å². The van der Waals surface area contributed by atoms with E-state index in [1.165, 1.54) is 31.2 Å². The van der Waals surface area contributed by atoms with E-state index in [1.807, 2.05) is 0 Å². The van der Waals surface area contributed by atoms with Gasteiger partial charge in [-0.1, -0.05) is 200 Å². The Balaban J connectivity index is 1.15. The Hall–Kier alpha value is -3.33. The fourth-order valence-corrected chi connectivity index (χ4v) is 13.4. The molecule has 278 valence electrons. The van der Waals surface area contributed by atoms with Crippen molar-refractivity contribution in [3.05, 3.63) is 155 Å². The normalized spacial score (nSPS) is 32.6. The van der Waals surface area contributed by atoms with E-state index >= 15 is 0 Å². The molecule has 0 aromatic heterocycles. The van der Waals surface area contributed by atoms with Crippen molar-refractivity contribution in [2.24, 2.45) is 46.3 Å². The molecule has 2 nitrogen and oxygen atoms in total. The molecule has 1 aliphatic heterocycles. The summed E-state index contributed by atoms with van der Waals surface area (Å²) in [5.41, 5.74) is 4.64. The van der Waals surface area contributed by atoms with Gasteiger partial charge in [-0.15, -0.1) is 0 Å². The van der Waals surface area contributed by atoms with Gasteiger partial charge in [-0.25, -0.2) is 0 Å². The minimum atomic E-state index is -0.952. The van der Waals surface area contributed by atoms with Crippen LogP contribution >= 0.6 is 0 Å². The summed E-state index contributed by atoms with van der Waals surface area (Å²) in [6.07, 6.45) is 9.35. The largest absolute Gasteiger partial charge is 0.490 e. The van der Waals surface area contributed by atoms with Gasteiger partial charge in [-0.3, -0.25) is 0 Å². The Kier molecular flexibility index (Phi) is 9.02. The van der Waals surface area contributed by atoms with Crippen molar-refractivity contribution >= 4 is 13.8 Å². The van der Waals surface area contributed by atoms with Crippen LogP contribution in [0, 0.1) is 46.3 Å². The smallest absolute Gasteiger partial charge is 0.390 e. The van der Waals surface area contributed by atoms with Crippen molar-refractivity contribution in [1.29, 1.82) is 0 Å². The molecule has 4 heteroatoms. The van der Waals surface area contributed by atoms with Gasteiger partial charge in [0.1, 0.15) is 11.2 Å². The molecule has 1 saturated heterocycles. The van der Waals surface area contributed by atoms with Crippen molar-refractivity contribution < 1.29 is 9.31 Å². The van der Waals surface area contributed by atoms with Crippen molar-refractivity contribution in [3.8, 4) is 0 Å². The molecule has 7 aliphatic rings. The maximum atomic E-state index is 7.69. The van der Waals surface area contributed by atoms with Gasteiger partial charge in [0, 0.05) is 0 Å². The minimum Gasteiger partial charge on any atom is -0.390 e. The molecule has 0 unspecified atom stereocenters. The quantitative estimate of drug-likeness (QED) is 0.161. The second kappa shape index (κ2) is 13.4. The molecule has 8 atom stereocenters. The molecular weight excluding hydrogens is 654 g/mol. The lowest BCUT2D eigenvalue weighted by Crippen LogP contribution is -2.59. The summed E-state index contributed by atoms with van der Waals surface area (Å²) in [7, 11) is -0.529. The average Bonchev–Trinajstić information content (AvgIpc) is 3.58. The highest BCUT2D eigenvalue weighted by molar-refractivity contribution is 6.63. The topological polar surface area (TPSA) is 18.5 Å². The number of hydrogen-bond donors (Lipinski definition) is 0. The van der Waals surface area contributed by atoms with Gasteiger partial charge in [-0.2, -0.15) is 0 Å². The van der Waals surface area contributed by atoms with Crippen LogP contribution in [0.15, 0.2) is 133 Å². The number of rotatable bonds is 9. The van der Waals surface area contributed by atoms with Crippen LogP contribution in [0.5, 0.6) is 0 Å². The van der Waals surface area contributed by atoms with E-state index in [-0.39, 0.29) is 0 Å². The van der Waals surface area contributed by atoms with Crippen LogP contribution in [0.4, 0.5) is 0 Å². The van der Waals surface area contributed by atoms with Crippen LogP contribution in [0.1, 0.15) is 96.4 Å². The number of fused-ring (bicyclic) bond motifs is 4. The summed E-state index contributed by atoms with van der Waals surface area (Å²) < 4.78 is 15.4. The Morgan fingerprint density at radius 1 is 0.574 bits per heavy atom. The standard InChI is InChI=1S/C50H60B2O2/c1-34(28-29-51(45-32-41-30-43(35(45)2)47(41,4)5)46-33-42-31-44(36(46)3)48(42,6)7)52-53-49(37-20-12-8-13-21-37,38-22-14-9-15-23-38)50(54-52,39-24-16-10-17-25-39)40-26-18-11-19-27-40/h8-28,35-36,41-46H,29-33H2,1-7H3/b34-28-/t35-,36-,41+,42+,43-,44-,45-,46-/m0/s1. The van der Waals surface area contributed by atoms with Gasteiger partial charge in [0.15, 0.2) is 6.71 Å². The number of hydrogen-bond acceptors (Lipinski definition) is 2. The van der Waals surface area contributed by atoms with E-state index < -0.39 is 18.3 Å². The fraction of sp³-hybridized carbons (Fsp3) is 0.480. The molecule has 6 saturated carbocycles. The summed E-state index contributed by atoms with van der Waals surface area (Å²) in [4.78, 5) is 0. The van der Waals surface area contributed by atoms with E-state index in [0.29, 0.717) is 17.5 Å². The van der Waals surface area contributed by atoms with Crippen molar-refractivity contribution in [2.75, 3.05) is 0 Å². The van der Waals surface area contributed by atoms with Crippen LogP contribution in [0.25, 0.3) is 0 Å². The summed E-state index contributed by atoms with van der Waals surface area (Å²) in [6.45, 7) is 18.5. The van der Waals surface area contributed by atoms with E-state index in [9.17, 15) is 0 Å². The first-order valence-corrected chi connectivity index (χ1v) is 21.2. The SMILES string of the molecule is C/C(=C/CB([C@H]1C[C@H]2C[C@@H]([C@@H]1C)C2(C)C)[C@H]1C[C@H]2C[C@@H]([C@@H]1C)C2(C)C)B1OC(c2ccccc2)(c2ccccc2)C(c2ccccc2)(c2ccccc2)O1. The Bertz CT molecular complexity index is 1750. The Labute approximate surface area is 326 Å². The molecule has 4 aromatic carbocycles. The Morgan fingerprint density at radius 2 is 0.907 bits per heavy atom. The van der Waals surface area contributed by atoms with Crippen LogP contribution in [-0.4, -0.2) is 13.8 Å². The molecule has 54 heavy (non-hydrogen) atoms. The fourth-order valence-electron chi connectivity index (χ4n) is 13.4. The highest BCUT2D eigenvalue weighted by Crippen LogP contribution is 2.70. The molecule has 6 aliphatic carbocycles. The highest BCUT2D eigenvalue weighted by atomic mass is 16.7. The van der Waals surface area contributed by atoms with Crippen molar-refractivity contribution in [1.82, 2.24) is 0 Å². The molecular formula is C50H60B2O2. The lowest BCUT2D eigenvalue weighted by atomic mass is 9.20. The molecule has 1 heterocycles. The van der Waals surface area contributed by atoms with E-state index in [1.54, 1.807) is 0 Å². The molecule has 0 spiro atoms. The van der Waals surface area contributed by atoms with Gasteiger partial charge in [0.2, 0.25) is 0 Å². The molecule has 4 aromatic rings. The third-order valence-electron chi connectivity index (χ3n) is 16.8. The van der Waals surface area contributed by atoms with Gasteiger partial charge < -0.3 is 9.31 Å². The first-order chi connectivity index (χ1) is 26.0. The second-order valence-electron chi connectivity index (χ2n) is 19.5. The number of allylic oxidation sites excluding steroid dienone is 2. The molecule has 0 radical (unpaired) electrons. The predicted octanol–water partition coefficient (Wildman–Crippen LogP) is 12.5. The predicted molar refractivity (Wildman–Crippen MR) is 225 cm³/mol. The van der Waals surface area contributed by atoms with Crippen molar-refractivity contribution in [3.63, 3.8) is 0 Å².